The summed E-state index contributed by atoms with van der Waals surface area (Å²) in [6.07, 6.45) is -1.93. The molecule has 1 heterocycles. The molecule has 166 valence electrons. The van der Waals surface area contributed by atoms with Gasteiger partial charge in [-0.2, -0.15) is 0 Å². The summed E-state index contributed by atoms with van der Waals surface area (Å²) in [5, 5.41) is 22.0. The van der Waals surface area contributed by atoms with Crippen molar-refractivity contribution < 1.29 is 38.4 Å². The molecule has 0 radical (unpaired) electrons. The first-order valence-corrected chi connectivity index (χ1v) is 9.15. The summed E-state index contributed by atoms with van der Waals surface area (Å²) >= 11 is 0. The number of amides is 1. The molecule has 0 aliphatic heterocycles. The second-order valence-electron chi connectivity index (χ2n) is 7.09. The number of benzene rings is 1. The van der Waals surface area contributed by atoms with E-state index < -0.39 is 35.9 Å². The Bertz CT molecular complexity index is 938. The van der Waals surface area contributed by atoms with Crippen molar-refractivity contribution in [2.24, 2.45) is 0 Å². The molecule has 2 aromatic rings. The molecule has 0 bridgehead atoms. The van der Waals surface area contributed by atoms with Gasteiger partial charge in [-0.1, -0.05) is 0 Å². The van der Waals surface area contributed by atoms with Crippen LogP contribution in [0.2, 0.25) is 0 Å². The molecule has 2 unspecified atom stereocenters. The highest BCUT2D eigenvalue weighted by Crippen LogP contribution is 2.33. The zero-order valence-corrected chi connectivity index (χ0v) is 17.6. The molecule has 10 heteroatoms. The van der Waals surface area contributed by atoms with Gasteiger partial charge in [-0.25, -0.2) is 4.79 Å². The van der Waals surface area contributed by atoms with Crippen LogP contribution in [0.25, 0.3) is 11.0 Å². The van der Waals surface area contributed by atoms with Crippen molar-refractivity contribution in [3.63, 3.8) is 0 Å². The molecular formula is C20H27NO9. The van der Waals surface area contributed by atoms with E-state index in [1.807, 2.05) is 0 Å². The van der Waals surface area contributed by atoms with Crippen molar-refractivity contribution in [1.29, 1.82) is 0 Å². The fraction of sp³-hybridized carbons (Fsp3) is 0.500. The van der Waals surface area contributed by atoms with E-state index in [0.29, 0.717) is 11.1 Å². The Hall–Kier alpha value is -2.66. The van der Waals surface area contributed by atoms with Gasteiger partial charge >= 0.3 is 5.63 Å². The van der Waals surface area contributed by atoms with Crippen molar-refractivity contribution >= 4 is 22.6 Å². The Balaban J connectivity index is 2.23. The number of fused-ring (bicyclic) bond motifs is 1. The lowest BCUT2D eigenvalue weighted by Gasteiger charge is -2.35. The lowest BCUT2D eigenvalue weighted by Crippen LogP contribution is -2.49. The van der Waals surface area contributed by atoms with Gasteiger partial charge in [0, 0.05) is 25.5 Å². The van der Waals surface area contributed by atoms with Gasteiger partial charge in [0.1, 0.15) is 23.5 Å². The summed E-state index contributed by atoms with van der Waals surface area (Å²) < 4.78 is 27.1. The second-order valence-corrected chi connectivity index (χ2v) is 7.09. The Morgan fingerprint density at radius 2 is 1.93 bits per heavy atom. The fourth-order valence-corrected chi connectivity index (χ4v) is 3.00. The Morgan fingerprint density at radius 3 is 2.50 bits per heavy atom. The molecule has 1 amide bonds. The van der Waals surface area contributed by atoms with Crippen molar-refractivity contribution in [2.75, 3.05) is 32.9 Å². The van der Waals surface area contributed by atoms with E-state index in [4.69, 9.17) is 28.5 Å². The zero-order chi connectivity index (χ0) is 22.5. The summed E-state index contributed by atoms with van der Waals surface area (Å²) in [5.41, 5.74) is -1.44. The van der Waals surface area contributed by atoms with Gasteiger partial charge in [0.05, 0.1) is 19.3 Å². The van der Waals surface area contributed by atoms with Crippen molar-refractivity contribution in [2.45, 2.75) is 38.6 Å². The SMILES string of the molecule is COc1cc2cc(NC(C)=O)c(=O)oc2cc1OCOC(C)(C)C(OC)C(O)CO. The van der Waals surface area contributed by atoms with Gasteiger partial charge in [0.2, 0.25) is 5.91 Å². The lowest BCUT2D eigenvalue weighted by atomic mass is 9.97. The van der Waals surface area contributed by atoms with Crippen LogP contribution in [0.3, 0.4) is 0 Å². The highest BCUT2D eigenvalue weighted by molar-refractivity contribution is 5.91. The first kappa shape index (κ1) is 23.6. The van der Waals surface area contributed by atoms with E-state index in [2.05, 4.69) is 5.32 Å². The molecule has 2 atom stereocenters. The fourth-order valence-electron chi connectivity index (χ4n) is 3.00. The predicted octanol–water partition coefficient (Wildman–Crippen LogP) is 1.26. The van der Waals surface area contributed by atoms with Gasteiger partial charge in [0.25, 0.3) is 0 Å². The van der Waals surface area contributed by atoms with Gasteiger partial charge in [-0.05, 0) is 26.0 Å². The van der Waals surface area contributed by atoms with E-state index in [1.54, 1.807) is 19.9 Å². The highest BCUT2D eigenvalue weighted by Gasteiger charge is 2.36. The minimum Gasteiger partial charge on any atom is -0.493 e. The predicted molar refractivity (Wildman–Crippen MR) is 108 cm³/mol. The number of methoxy groups -OCH3 is 2. The molecule has 3 N–H and O–H groups in total. The smallest absolute Gasteiger partial charge is 0.360 e. The first-order chi connectivity index (χ1) is 14.1. The van der Waals surface area contributed by atoms with E-state index in [-0.39, 0.29) is 23.8 Å². The molecule has 0 saturated carbocycles. The zero-order valence-electron chi connectivity index (χ0n) is 17.6. The maximum absolute atomic E-state index is 12.0. The van der Waals surface area contributed by atoms with Crippen molar-refractivity contribution in [3.05, 3.63) is 28.6 Å². The lowest BCUT2D eigenvalue weighted by molar-refractivity contribution is -0.184. The third-order valence-corrected chi connectivity index (χ3v) is 4.45. The summed E-state index contributed by atoms with van der Waals surface area (Å²) in [4.78, 5) is 23.3. The summed E-state index contributed by atoms with van der Waals surface area (Å²) in [7, 11) is 2.85. The molecule has 10 nitrogen and oxygen atoms in total. The molecule has 0 aliphatic carbocycles. The van der Waals surface area contributed by atoms with Crippen LogP contribution < -0.4 is 20.4 Å². The monoisotopic (exact) mass is 425 g/mol. The summed E-state index contributed by atoms with van der Waals surface area (Å²) in [5.74, 6) is 0.215. The number of carbonyl (C=O) groups excluding carboxylic acids is 1. The molecule has 0 saturated heterocycles. The number of hydrogen-bond acceptors (Lipinski definition) is 9. The number of carbonyl (C=O) groups is 1. The normalized spacial score (nSPS) is 13.7. The van der Waals surface area contributed by atoms with E-state index >= 15 is 0 Å². The maximum atomic E-state index is 12.0. The van der Waals surface area contributed by atoms with Crippen LogP contribution in [0.4, 0.5) is 5.69 Å². The number of aliphatic hydroxyl groups is 2. The minimum atomic E-state index is -1.13. The topological polar surface area (TPSA) is 137 Å². The minimum absolute atomic E-state index is 0.0175. The molecule has 0 spiro atoms. The maximum Gasteiger partial charge on any atom is 0.360 e. The number of ether oxygens (including phenoxy) is 4. The van der Waals surface area contributed by atoms with E-state index in [1.165, 1.54) is 33.3 Å². The number of anilines is 1. The number of aliphatic hydroxyl groups excluding tert-OH is 2. The third kappa shape index (κ3) is 5.48. The molecule has 1 aromatic carbocycles. The van der Waals surface area contributed by atoms with Gasteiger partial charge in [-0.3, -0.25) is 4.79 Å². The van der Waals surface area contributed by atoms with Gasteiger partial charge in [0.15, 0.2) is 18.3 Å². The first-order valence-electron chi connectivity index (χ1n) is 9.15. The molecule has 30 heavy (non-hydrogen) atoms. The molecular weight excluding hydrogens is 398 g/mol. The Morgan fingerprint density at radius 1 is 1.23 bits per heavy atom. The van der Waals surface area contributed by atoms with Crippen LogP contribution in [0.5, 0.6) is 11.5 Å². The Kier molecular flexibility index (Phi) is 7.79. The quantitative estimate of drug-likeness (QED) is 0.379. The second kappa shape index (κ2) is 9.90. The van der Waals surface area contributed by atoms with Crippen LogP contribution in [0.15, 0.2) is 27.4 Å². The van der Waals surface area contributed by atoms with Crippen LogP contribution in [0.1, 0.15) is 20.8 Å². The number of rotatable bonds is 10. The third-order valence-electron chi connectivity index (χ3n) is 4.45. The number of hydrogen-bond donors (Lipinski definition) is 3. The van der Waals surface area contributed by atoms with E-state index in [0.717, 1.165) is 0 Å². The standard InChI is InChI=1S/C20H27NO9/c1-11(23)21-13-6-12-7-16(26-4)17(8-15(12)30-19(13)25)28-10-29-20(2,3)18(27-5)14(24)9-22/h6-8,14,18,22,24H,9-10H2,1-5H3,(H,21,23). The molecule has 1 aromatic heterocycles. The van der Waals surface area contributed by atoms with Crippen LogP contribution in [-0.4, -0.2) is 61.5 Å². The molecule has 2 rings (SSSR count). The van der Waals surface area contributed by atoms with Crippen molar-refractivity contribution in [1.82, 2.24) is 0 Å². The highest BCUT2D eigenvalue weighted by atomic mass is 16.7. The average molecular weight is 425 g/mol. The van der Waals surface area contributed by atoms with E-state index in [9.17, 15) is 14.7 Å². The average Bonchev–Trinajstić information content (AvgIpc) is 2.67. The van der Waals surface area contributed by atoms with Gasteiger partial charge in [-0.15, -0.1) is 0 Å². The van der Waals surface area contributed by atoms with Crippen molar-refractivity contribution in [3.8, 4) is 11.5 Å². The molecule has 0 fully saturated rings. The molecule has 0 aliphatic rings. The Labute approximate surface area is 173 Å². The number of nitrogens with one attached hydrogen (secondary N) is 1. The summed E-state index contributed by atoms with van der Waals surface area (Å²) in [6, 6.07) is 4.55. The van der Waals surface area contributed by atoms with Crippen LogP contribution >= 0.6 is 0 Å². The van der Waals surface area contributed by atoms with Gasteiger partial charge < -0.3 is 38.9 Å². The largest absolute Gasteiger partial charge is 0.493 e. The van der Waals surface area contributed by atoms with Crippen LogP contribution in [0, 0.1) is 0 Å². The summed E-state index contributed by atoms with van der Waals surface area (Å²) in [6.45, 7) is 3.94. The van der Waals surface area contributed by atoms with Crippen LogP contribution in [-0.2, 0) is 14.3 Å².